The Kier molecular flexibility index (Phi) is 3.69. The zero-order valence-electron chi connectivity index (χ0n) is 8.97. The van der Waals surface area contributed by atoms with Crippen LogP contribution in [-0.4, -0.2) is 34.7 Å². The Balaban J connectivity index is 1.89. The molecule has 1 N–H and O–H groups in total. The largest absolute Gasteiger partial charge is 0.396 e. The van der Waals surface area contributed by atoms with Gasteiger partial charge in [-0.1, -0.05) is 6.07 Å². The van der Waals surface area contributed by atoms with Gasteiger partial charge in [0.2, 0.25) is 0 Å². The predicted octanol–water partition coefficient (Wildman–Crippen LogP) is 1.29. The van der Waals surface area contributed by atoms with Crippen LogP contribution in [0.5, 0.6) is 0 Å². The smallest absolute Gasteiger partial charge is 0.0543 e. The van der Waals surface area contributed by atoms with Crippen molar-refractivity contribution in [3.05, 3.63) is 30.1 Å². The number of hydrogen-bond donors (Lipinski definition) is 1. The minimum atomic E-state index is 0.318. The summed E-state index contributed by atoms with van der Waals surface area (Å²) in [5.74, 6) is 0.461. The topological polar surface area (TPSA) is 36.4 Å². The molecule has 3 heteroatoms. The second-order valence-corrected chi connectivity index (χ2v) is 4.25. The molecule has 1 saturated heterocycles. The first kappa shape index (κ1) is 10.6. The van der Waals surface area contributed by atoms with E-state index < -0.39 is 0 Å². The monoisotopic (exact) mass is 206 g/mol. The van der Waals surface area contributed by atoms with Crippen molar-refractivity contribution in [3.63, 3.8) is 0 Å². The Morgan fingerprint density at radius 1 is 1.47 bits per heavy atom. The lowest BCUT2D eigenvalue weighted by Crippen LogP contribution is -2.36. The third-order valence-electron chi connectivity index (χ3n) is 2.97. The Bertz CT molecular complexity index is 289. The lowest BCUT2D eigenvalue weighted by Gasteiger charge is -2.31. The van der Waals surface area contributed by atoms with Crippen LogP contribution in [0.3, 0.4) is 0 Å². The van der Waals surface area contributed by atoms with Crippen LogP contribution < -0.4 is 0 Å². The third kappa shape index (κ3) is 3.01. The number of nitrogens with zero attached hydrogens (tertiary/aromatic N) is 2. The molecule has 0 amide bonds. The summed E-state index contributed by atoms with van der Waals surface area (Å²) in [5, 5.41) is 9.13. The quantitative estimate of drug-likeness (QED) is 0.809. The highest BCUT2D eigenvalue weighted by atomic mass is 16.3. The number of aromatic nitrogens is 1. The molecule has 2 heterocycles. The lowest BCUT2D eigenvalue weighted by atomic mass is 9.99. The van der Waals surface area contributed by atoms with Crippen molar-refractivity contribution in [1.29, 1.82) is 0 Å². The van der Waals surface area contributed by atoms with E-state index in [-0.39, 0.29) is 0 Å². The van der Waals surface area contributed by atoms with Gasteiger partial charge in [0, 0.05) is 25.9 Å². The molecule has 1 unspecified atom stereocenters. The van der Waals surface area contributed by atoms with E-state index in [2.05, 4.69) is 16.0 Å². The molecule has 1 aromatic heterocycles. The van der Waals surface area contributed by atoms with Gasteiger partial charge in [0.1, 0.15) is 0 Å². The first-order valence-corrected chi connectivity index (χ1v) is 5.61. The molecule has 3 nitrogen and oxygen atoms in total. The maximum Gasteiger partial charge on any atom is 0.0543 e. The Labute approximate surface area is 90.8 Å². The van der Waals surface area contributed by atoms with Gasteiger partial charge < -0.3 is 5.11 Å². The standard InChI is InChI=1S/C12H18N2O/c15-10-11-4-3-7-14(8-11)9-12-5-1-2-6-13-12/h1-2,5-6,11,15H,3-4,7-10H2. The van der Waals surface area contributed by atoms with Gasteiger partial charge >= 0.3 is 0 Å². The summed E-state index contributed by atoms with van der Waals surface area (Å²) in [5.41, 5.74) is 1.12. The number of rotatable bonds is 3. The maximum absolute atomic E-state index is 9.13. The highest BCUT2D eigenvalue weighted by molar-refractivity contribution is 5.03. The van der Waals surface area contributed by atoms with Crippen molar-refractivity contribution in [3.8, 4) is 0 Å². The normalized spacial score (nSPS) is 22.9. The van der Waals surface area contributed by atoms with Gasteiger partial charge in [-0.3, -0.25) is 9.88 Å². The molecular weight excluding hydrogens is 188 g/mol. The molecule has 0 radical (unpaired) electrons. The van der Waals surface area contributed by atoms with E-state index in [1.54, 1.807) is 0 Å². The summed E-state index contributed by atoms with van der Waals surface area (Å²) in [6.45, 7) is 3.37. The van der Waals surface area contributed by atoms with Gasteiger partial charge in [-0.05, 0) is 37.4 Å². The van der Waals surface area contributed by atoms with Crippen LogP contribution in [0.1, 0.15) is 18.5 Å². The second-order valence-electron chi connectivity index (χ2n) is 4.25. The van der Waals surface area contributed by atoms with Crippen molar-refractivity contribution in [1.82, 2.24) is 9.88 Å². The number of aliphatic hydroxyl groups is 1. The van der Waals surface area contributed by atoms with Crippen LogP contribution in [0.4, 0.5) is 0 Å². The second kappa shape index (κ2) is 5.24. The van der Waals surface area contributed by atoms with E-state index in [0.29, 0.717) is 12.5 Å². The predicted molar refractivity (Wildman–Crippen MR) is 59.3 cm³/mol. The minimum absolute atomic E-state index is 0.318. The minimum Gasteiger partial charge on any atom is -0.396 e. The summed E-state index contributed by atoms with van der Waals surface area (Å²) in [4.78, 5) is 6.70. The summed E-state index contributed by atoms with van der Waals surface area (Å²) < 4.78 is 0. The molecule has 1 aromatic rings. The zero-order chi connectivity index (χ0) is 10.5. The van der Waals surface area contributed by atoms with Gasteiger partial charge in [0.15, 0.2) is 0 Å². The van der Waals surface area contributed by atoms with E-state index in [9.17, 15) is 0 Å². The van der Waals surface area contributed by atoms with Gasteiger partial charge in [0.05, 0.1) is 5.69 Å². The fourth-order valence-electron chi connectivity index (χ4n) is 2.16. The van der Waals surface area contributed by atoms with E-state index in [0.717, 1.165) is 31.7 Å². The van der Waals surface area contributed by atoms with Gasteiger partial charge in [-0.2, -0.15) is 0 Å². The summed E-state index contributed by atoms with van der Waals surface area (Å²) in [6.07, 6.45) is 4.19. The number of piperidine rings is 1. The molecule has 82 valence electrons. The molecule has 1 aliphatic heterocycles. The summed E-state index contributed by atoms with van der Waals surface area (Å²) >= 11 is 0. The molecule has 0 aliphatic carbocycles. The highest BCUT2D eigenvalue weighted by Crippen LogP contribution is 2.17. The molecule has 1 atom stereocenters. The van der Waals surface area contributed by atoms with Crippen LogP contribution in [0.25, 0.3) is 0 Å². The Hall–Kier alpha value is -0.930. The SMILES string of the molecule is OCC1CCCN(Cc2ccccn2)C1. The van der Waals surface area contributed by atoms with E-state index in [1.165, 1.54) is 6.42 Å². The molecule has 0 spiro atoms. The third-order valence-corrected chi connectivity index (χ3v) is 2.97. The molecule has 1 aliphatic rings. The van der Waals surface area contributed by atoms with Gasteiger partial charge in [0.25, 0.3) is 0 Å². The number of likely N-dealkylation sites (tertiary alicyclic amines) is 1. The number of aliphatic hydroxyl groups excluding tert-OH is 1. The van der Waals surface area contributed by atoms with Crippen molar-refractivity contribution in [2.75, 3.05) is 19.7 Å². The molecular formula is C12H18N2O. The van der Waals surface area contributed by atoms with Gasteiger partial charge in [-0.15, -0.1) is 0 Å². The van der Waals surface area contributed by atoms with E-state index in [1.807, 2.05) is 18.3 Å². The molecule has 0 bridgehead atoms. The Morgan fingerprint density at radius 3 is 3.13 bits per heavy atom. The van der Waals surface area contributed by atoms with E-state index in [4.69, 9.17) is 5.11 Å². The van der Waals surface area contributed by atoms with E-state index >= 15 is 0 Å². The fourth-order valence-corrected chi connectivity index (χ4v) is 2.16. The Morgan fingerprint density at radius 2 is 2.40 bits per heavy atom. The van der Waals surface area contributed by atoms with Crippen LogP contribution >= 0.6 is 0 Å². The average Bonchev–Trinajstić information content (AvgIpc) is 2.31. The fraction of sp³-hybridized carbons (Fsp3) is 0.583. The molecule has 1 fully saturated rings. The van der Waals surface area contributed by atoms with Crippen molar-refractivity contribution in [2.45, 2.75) is 19.4 Å². The molecule has 15 heavy (non-hydrogen) atoms. The number of pyridine rings is 1. The van der Waals surface area contributed by atoms with Gasteiger partial charge in [-0.25, -0.2) is 0 Å². The molecule has 0 aromatic carbocycles. The average molecular weight is 206 g/mol. The first-order chi connectivity index (χ1) is 7.38. The highest BCUT2D eigenvalue weighted by Gasteiger charge is 2.19. The lowest BCUT2D eigenvalue weighted by molar-refractivity contribution is 0.115. The van der Waals surface area contributed by atoms with Crippen molar-refractivity contribution in [2.24, 2.45) is 5.92 Å². The van der Waals surface area contributed by atoms with Crippen molar-refractivity contribution < 1.29 is 5.11 Å². The van der Waals surface area contributed by atoms with Crippen LogP contribution in [0.2, 0.25) is 0 Å². The first-order valence-electron chi connectivity index (χ1n) is 5.61. The summed E-state index contributed by atoms with van der Waals surface area (Å²) in [6, 6.07) is 6.02. The van der Waals surface area contributed by atoms with Crippen LogP contribution in [-0.2, 0) is 6.54 Å². The zero-order valence-corrected chi connectivity index (χ0v) is 8.97. The maximum atomic E-state index is 9.13. The number of hydrogen-bond acceptors (Lipinski definition) is 3. The summed E-state index contributed by atoms with van der Waals surface area (Å²) in [7, 11) is 0. The molecule has 2 rings (SSSR count). The van der Waals surface area contributed by atoms with Crippen molar-refractivity contribution >= 4 is 0 Å². The molecule has 0 saturated carbocycles. The van der Waals surface area contributed by atoms with Crippen LogP contribution in [0, 0.1) is 5.92 Å². The van der Waals surface area contributed by atoms with Crippen LogP contribution in [0.15, 0.2) is 24.4 Å².